The number of nitrogens with zero attached hydrogens (tertiary/aromatic N) is 2. The van der Waals surface area contributed by atoms with E-state index in [2.05, 4.69) is 182 Å². The molecule has 0 amide bonds. The first-order valence-corrected chi connectivity index (χ1v) is 18.5. The molecule has 1 aliphatic rings. The third kappa shape index (κ3) is 4.90. The Kier molecular flexibility index (Phi) is 7.18. The fourth-order valence-electron chi connectivity index (χ4n) is 8.60. The number of imidazole rings is 1. The zero-order chi connectivity index (χ0) is 34.8. The molecule has 0 fully saturated rings. The molecule has 8 aromatic carbocycles. The van der Waals surface area contributed by atoms with E-state index in [1.807, 2.05) is 0 Å². The van der Waals surface area contributed by atoms with Gasteiger partial charge in [0.05, 0.1) is 11.4 Å². The number of fused-ring (bicyclic) bond motifs is 5. The van der Waals surface area contributed by atoms with Gasteiger partial charge >= 0.3 is 0 Å². The highest BCUT2D eigenvalue weighted by molar-refractivity contribution is 6.22. The van der Waals surface area contributed by atoms with E-state index >= 15 is 0 Å². The number of allylic oxidation sites excluding steroid dienone is 1. The molecule has 0 N–H and O–H groups in total. The lowest BCUT2D eigenvalue weighted by molar-refractivity contribution is 0.707. The summed E-state index contributed by atoms with van der Waals surface area (Å²) in [7, 11) is 0. The van der Waals surface area contributed by atoms with Gasteiger partial charge in [-0.25, -0.2) is 4.98 Å². The van der Waals surface area contributed by atoms with Gasteiger partial charge in [-0.3, -0.25) is 4.57 Å². The van der Waals surface area contributed by atoms with E-state index in [1.54, 1.807) is 0 Å². The lowest BCUT2D eigenvalue weighted by Gasteiger charge is -2.20. The minimum Gasteiger partial charge on any atom is -0.300 e. The summed E-state index contributed by atoms with van der Waals surface area (Å²) < 4.78 is 2.41. The lowest BCUT2D eigenvalue weighted by Crippen LogP contribution is -2.09. The summed E-state index contributed by atoms with van der Waals surface area (Å²) in [6, 6.07) is 56.3. The van der Waals surface area contributed by atoms with E-state index < -0.39 is 0 Å². The molecule has 1 atom stereocenters. The number of benzene rings is 8. The van der Waals surface area contributed by atoms with Crippen molar-refractivity contribution < 1.29 is 0 Å². The minimum atomic E-state index is 0.436. The van der Waals surface area contributed by atoms with Gasteiger partial charge in [-0.2, -0.15) is 0 Å². The number of rotatable bonds is 5. The Hall–Kier alpha value is -6.25. The van der Waals surface area contributed by atoms with E-state index in [0.717, 1.165) is 24.4 Å². The second kappa shape index (κ2) is 12.2. The van der Waals surface area contributed by atoms with Gasteiger partial charge in [-0.15, -0.1) is 0 Å². The van der Waals surface area contributed by atoms with Crippen LogP contribution in [-0.2, 0) is 6.42 Å². The number of aryl methyl sites for hydroxylation is 1. The predicted octanol–water partition coefficient (Wildman–Crippen LogP) is 13.6. The average Bonchev–Trinajstić information content (AvgIpc) is 3.59. The molecule has 1 aliphatic carbocycles. The van der Waals surface area contributed by atoms with Gasteiger partial charge in [0.2, 0.25) is 0 Å². The van der Waals surface area contributed by atoms with Gasteiger partial charge in [0.25, 0.3) is 0 Å². The van der Waals surface area contributed by atoms with Crippen molar-refractivity contribution in [3.63, 3.8) is 0 Å². The Morgan fingerprint density at radius 3 is 1.90 bits per heavy atom. The van der Waals surface area contributed by atoms with Crippen molar-refractivity contribution >= 4 is 49.2 Å². The van der Waals surface area contributed by atoms with Crippen molar-refractivity contribution in [2.45, 2.75) is 32.6 Å². The standard InChI is InChI=1S/C50H38N2/c1-3-47-51-46-19-11-12-32(2)50(46)52(47)41-26-24-36-29-40(23-21-37(36)30-41)49-43-18-10-9-17-42(43)48(39-22-20-34-15-7-8-16-35(34)28-39)44-27-25-38(31-45(44)49)33-13-5-4-6-14-33/h4-11,13-32H,3,12H2,1-2H3. The maximum absolute atomic E-state index is 5.04. The number of hydrogen-bond donors (Lipinski definition) is 0. The second-order valence-corrected chi connectivity index (χ2v) is 14.3. The molecule has 2 heteroatoms. The van der Waals surface area contributed by atoms with Crippen molar-refractivity contribution in [3.8, 4) is 39.1 Å². The summed E-state index contributed by atoms with van der Waals surface area (Å²) in [5, 5.41) is 10.0. The van der Waals surface area contributed by atoms with Crippen LogP contribution in [0, 0.1) is 0 Å². The van der Waals surface area contributed by atoms with E-state index in [0.29, 0.717) is 5.92 Å². The van der Waals surface area contributed by atoms with Crippen molar-refractivity contribution in [1.82, 2.24) is 9.55 Å². The Bertz CT molecular complexity index is 2870. The molecule has 1 unspecified atom stereocenters. The first-order valence-electron chi connectivity index (χ1n) is 18.5. The summed E-state index contributed by atoms with van der Waals surface area (Å²) >= 11 is 0. The summed E-state index contributed by atoms with van der Waals surface area (Å²) in [6.07, 6.45) is 6.40. The molecule has 1 heterocycles. The van der Waals surface area contributed by atoms with Crippen LogP contribution in [0.1, 0.15) is 43.4 Å². The van der Waals surface area contributed by atoms with Gasteiger partial charge < -0.3 is 0 Å². The highest BCUT2D eigenvalue weighted by Gasteiger charge is 2.23. The molecule has 0 radical (unpaired) electrons. The summed E-state index contributed by atoms with van der Waals surface area (Å²) in [5.41, 5.74) is 11.1. The van der Waals surface area contributed by atoms with Crippen LogP contribution < -0.4 is 0 Å². The van der Waals surface area contributed by atoms with Crippen LogP contribution in [0.15, 0.2) is 158 Å². The molecule has 248 valence electrons. The van der Waals surface area contributed by atoms with Crippen LogP contribution in [0.2, 0.25) is 0 Å². The molecule has 0 spiro atoms. The topological polar surface area (TPSA) is 17.8 Å². The number of aromatic nitrogens is 2. The van der Waals surface area contributed by atoms with Crippen LogP contribution in [-0.4, -0.2) is 9.55 Å². The normalized spacial score (nSPS) is 14.1. The Morgan fingerprint density at radius 1 is 0.538 bits per heavy atom. The van der Waals surface area contributed by atoms with E-state index in [1.165, 1.54) is 87.9 Å². The molecular weight excluding hydrogens is 629 g/mol. The smallest absolute Gasteiger partial charge is 0.113 e. The Morgan fingerprint density at radius 2 is 1.13 bits per heavy atom. The number of hydrogen-bond acceptors (Lipinski definition) is 1. The third-order valence-corrected chi connectivity index (χ3v) is 11.1. The molecule has 0 aliphatic heterocycles. The predicted molar refractivity (Wildman–Crippen MR) is 221 cm³/mol. The van der Waals surface area contributed by atoms with Gasteiger partial charge in [0.1, 0.15) is 5.82 Å². The summed E-state index contributed by atoms with van der Waals surface area (Å²) in [4.78, 5) is 5.04. The van der Waals surface area contributed by atoms with Crippen LogP contribution in [0.4, 0.5) is 0 Å². The van der Waals surface area contributed by atoms with E-state index in [4.69, 9.17) is 4.98 Å². The molecule has 1 aromatic heterocycles. The molecule has 0 saturated carbocycles. The monoisotopic (exact) mass is 666 g/mol. The molecule has 0 bridgehead atoms. The molecule has 0 saturated heterocycles. The third-order valence-electron chi connectivity index (χ3n) is 11.1. The molecule has 2 nitrogen and oxygen atoms in total. The second-order valence-electron chi connectivity index (χ2n) is 14.3. The maximum Gasteiger partial charge on any atom is 0.113 e. The van der Waals surface area contributed by atoms with E-state index in [9.17, 15) is 0 Å². The van der Waals surface area contributed by atoms with Gasteiger partial charge in [-0.1, -0.05) is 141 Å². The van der Waals surface area contributed by atoms with Gasteiger partial charge in [0.15, 0.2) is 0 Å². The largest absolute Gasteiger partial charge is 0.300 e. The maximum atomic E-state index is 5.04. The Labute approximate surface area is 304 Å². The van der Waals surface area contributed by atoms with Gasteiger partial charge in [-0.05, 0) is 119 Å². The van der Waals surface area contributed by atoms with Crippen molar-refractivity contribution in [3.05, 3.63) is 175 Å². The summed E-state index contributed by atoms with van der Waals surface area (Å²) in [6.45, 7) is 4.52. The van der Waals surface area contributed by atoms with Crippen LogP contribution in [0.3, 0.4) is 0 Å². The van der Waals surface area contributed by atoms with Crippen LogP contribution in [0.25, 0.3) is 88.2 Å². The van der Waals surface area contributed by atoms with Crippen molar-refractivity contribution in [1.29, 1.82) is 0 Å². The van der Waals surface area contributed by atoms with Crippen molar-refractivity contribution in [2.24, 2.45) is 0 Å². The first kappa shape index (κ1) is 30.6. The fraction of sp³-hybridized carbons (Fsp3) is 0.100. The highest BCUT2D eigenvalue weighted by Crippen LogP contribution is 2.46. The Balaban J connectivity index is 1.21. The SMILES string of the molecule is CCc1nc2c(n1-c1ccc3cc(-c4c5ccccc5c(-c5ccc6ccccc6c5)c5ccc(-c6ccccc6)cc45)ccc3c1)C(C)CC=C2. The molecule has 10 rings (SSSR count). The summed E-state index contributed by atoms with van der Waals surface area (Å²) in [5.74, 6) is 1.56. The average molecular weight is 667 g/mol. The van der Waals surface area contributed by atoms with Crippen LogP contribution >= 0.6 is 0 Å². The molecule has 9 aromatic rings. The van der Waals surface area contributed by atoms with E-state index in [-0.39, 0.29) is 0 Å². The quantitative estimate of drug-likeness (QED) is 0.167. The zero-order valence-corrected chi connectivity index (χ0v) is 29.5. The van der Waals surface area contributed by atoms with Gasteiger partial charge in [0, 0.05) is 18.0 Å². The minimum absolute atomic E-state index is 0.436. The molecular formula is C50H38N2. The van der Waals surface area contributed by atoms with Crippen LogP contribution in [0.5, 0.6) is 0 Å². The molecule has 52 heavy (non-hydrogen) atoms. The fourth-order valence-corrected chi connectivity index (χ4v) is 8.60. The first-order chi connectivity index (χ1) is 25.6. The highest BCUT2D eigenvalue weighted by atomic mass is 15.1. The van der Waals surface area contributed by atoms with Crippen molar-refractivity contribution in [2.75, 3.05) is 0 Å². The zero-order valence-electron chi connectivity index (χ0n) is 29.5. The lowest BCUT2D eigenvalue weighted by atomic mass is 9.84.